The molecule has 3 aromatic rings. The largest absolute Gasteiger partial charge is 1.00 e. The summed E-state index contributed by atoms with van der Waals surface area (Å²) in [4.78, 5) is 13.1. The van der Waals surface area contributed by atoms with Gasteiger partial charge in [-0.15, -0.1) is 0 Å². The molecule has 0 radical (unpaired) electrons. The maximum atomic E-state index is 14.4. The number of anilines is 2. The molecule has 0 spiro atoms. The molecule has 0 saturated carbocycles. The van der Waals surface area contributed by atoms with E-state index in [1.165, 1.54) is 28.4 Å². The van der Waals surface area contributed by atoms with Crippen molar-refractivity contribution < 1.29 is 43.8 Å². The van der Waals surface area contributed by atoms with Gasteiger partial charge < -0.3 is 20.1 Å². The van der Waals surface area contributed by atoms with Crippen LogP contribution >= 0.6 is 0 Å². The minimum atomic E-state index is -1.17. The first kappa shape index (κ1) is 25.3. The van der Waals surface area contributed by atoms with Crippen molar-refractivity contribution in [2.45, 2.75) is 38.6 Å². The first-order chi connectivity index (χ1) is 15.6. The van der Waals surface area contributed by atoms with Gasteiger partial charge in [0.05, 0.1) is 0 Å². The van der Waals surface area contributed by atoms with Gasteiger partial charge in [0.1, 0.15) is 5.82 Å². The smallest absolute Gasteiger partial charge is 0.550 e. The number of carbonyl (C=O) groups is 1. The summed E-state index contributed by atoms with van der Waals surface area (Å²) < 4.78 is 14.4. The number of aryl methyl sites for hydroxylation is 2. The Hall–Kier alpha value is -2.34. The average molecular weight is 455 g/mol. The summed E-state index contributed by atoms with van der Waals surface area (Å²) in [5.74, 6) is -1.56. The fourth-order valence-corrected chi connectivity index (χ4v) is 4.39. The second kappa shape index (κ2) is 12.2. The third-order valence-electron chi connectivity index (χ3n) is 6.04. The van der Waals surface area contributed by atoms with Crippen LogP contribution in [0.15, 0.2) is 66.7 Å². The second-order valence-corrected chi connectivity index (χ2v) is 8.28. The normalized spacial score (nSPS) is 12.6. The Morgan fingerprint density at radius 3 is 2.58 bits per heavy atom. The Balaban J connectivity index is 0.00000306. The average Bonchev–Trinajstić information content (AvgIpc) is 2.81. The van der Waals surface area contributed by atoms with Crippen LogP contribution in [0.2, 0.25) is 0 Å². The molecule has 4 rings (SSSR count). The SMILES string of the molecule is O=C([O-])CCc1ccc(NCc2cccc3c2N(CCc2ccccc2)CCC3)cc1F.[Na+]. The molecular weight excluding hydrogens is 426 g/mol. The Kier molecular flexibility index (Phi) is 9.36. The summed E-state index contributed by atoms with van der Waals surface area (Å²) in [7, 11) is 0. The molecule has 1 aliphatic heterocycles. The number of fused-ring (bicyclic) bond motifs is 1. The van der Waals surface area contributed by atoms with Gasteiger partial charge in [-0.3, -0.25) is 0 Å². The van der Waals surface area contributed by atoms with E-state index < -0.39 is 11.8 Å². The Labute approximate surface area is 217 Å². The van der Waals surface area contributed by atoms with Gasteiger partial charge in [-0.25, -0.2) is 4.39 Å². The van der Waals surface area contributed by atoms with Crippen LogP contribution in [0.3, 0.4) is 0 Å². The number of nitrogens with zero attached hydrogens (tertiary/aromatic N) is 1. The zero-order chi connectivity index (χ0) is 22.3. The number of rotatable bonds is 9. The van der Waals surface area contributed by atoms with Crippen molar-refractivity contribution in [2.24, 2.45) is 0 Å². The molecule has 0 aromatic heterocycles. The number of carbonyl (C=O) groups excluding carboxylic acids is 1. The van der Waals surface area contributed by atoms with E-state index >= 15 is 0 Å². The van der Waals surface area contributed by atoms with Crippen molar-refractivity contribution in [1.82, 2.24) is 0 Å². The van der Waals surface area contributed by atoms with E-state index in [9.17, 15) is 14.3 Å². The van der Waals surface area contributed by atoms with Crippen LogP contribution < -0.4 is 44.9 Å². The van der Waals surface area contributed by atoms with E-state index in [-0.39, 0.29) is 42.4 Å². The van der Waals surface area contributed by atoms with Crippen LogP contribution in [-0.4, -0.2) is 19.1 Å². The van der Waals surface area contributed by atoms with Crippen molar-refractivity contribution in [2.75, 3.05) is 23.3 Å². The van der Waals surface area contributed by atoms with Gasteiger partial charge in [-0.2, -0.15) is 0 Å². The van der Waals surface area contributed by atoms with Crippen molar-refractivity contribution in [1.29, 1.82) is 0 Å². The molecule has 0 saturated heterocycles. The summed E-state index contributed by atoms with van der Waals surface area (Å²) >= 11 is 0. The van der Waals surface area contributed by atoms with Crippen molar-refractivity contribution >= 4 is 17.3 Å². The van der Waals surface area contributed by atoms with Crippen molar-refractivity contribution in [3.05, 3.63) is 94.8 Å². The van der Waals surface area contributed by atoms with Gasteiger partial charge in [0.2, 0.25) is 0 Å². The standard InChI is InChI=1S/C27H29FN2O2.Na/c28-25-18-24(13-11-21(25)12-14-26(31)32)29-19-23-9-4-8-22-10-5-16-30(27(22)23)17-15-20-6-2-1-3-7-20;/h1-4,6-9,11,13,18,29H,5,10,12,14-17,19H2,(H,31,32);/q;+1/p-1. The molecule has 166 valence electrons. The van der Waals surface area contributed by atoms with Crippen LogP contribution in [-0.2, 0) is 30.6 Å². The van der Waals surface area contributed by atoms with Crippen LogP contribution in [0.25, 0.3) is 0 Å². The number of hydrogen-bond acceptors (Lipinski definition) is 4. The zero-order valence-electron chi connectivity index (χ0n) is 19.1. The number of carboxylic acid groups (broad SMARTS) is 1. The van der Waals surface area contributed by atoms with E-state index in [0.717, 1.165) is 32.4 Å². The third-order valence-corrected chi connectivity index (χ3v) is 6.04. The Morgan fingerprint density at radius 2 is 1.82 bits per heavy atom. The Morgan fingerprint density at radius 1 is 1.00 bits per heavy atom. The number of carboxylic acids is 1. The predicted molar refractivity (Wildman–Crippen MR) is 124 cm³/mol. The monoisotopic (exact) mass is 454 g/mol. The fraction of sp³-hybridized carbons (Fsp3) is 0.296. The topological polar surface area (TPSA) is 55.4 Å². The summed E-state index contributed by atoms with van der Waals surface area (Å²) in [6.45, 7) is 2.61. The maximum Gasteiger partial charge on any atom is 1.00 e. The molecule has 0 unspecified atom stereocenters. The first-order valence-electron chi connectivity index (χ1n) is 11.2. The first-order valence-corrected chi connectivity index (χ1v) is 11.2. The molecule has 0 fully saturated rings. The van der Waals surface area contributed by atoms with Gasteiger partial charge in [0.25, 0.3) is 0 Å². The van der Waals surface area contributed by atoms with Gasteiger partial charge in [0.15, 0.2) is 0 Å². The number of nitrogens with one attached hydrogen (secondary N) is 1. The molecule has 3 aromatic carbocycles. The summed E-state index contributed by atoms with van der Waals surface area (Å²) in [6, 6.07) is 21.9. The maximum absolute atomic E-state index is 14.4. The molecule has 33 heavy (non-hydrogen) atoms. The van der Waals surface area contributed by atoms with E-state index in [1.807, 2.05) is 6.07 Å². The molecular formula is C27H28FN2NaO2. The van der Waals surface area contributed by atoms with Gasteiger partial charge in [-0.1, -0.05) is 54.6 Å². The molecule has 4 nitrogen and oxygen atoms in total. The third kappa shape index (κ3) is 6.83. The minimum Gasteiger partial charge on any atom is -0.550 e. The molecule has 0 atom stereocenters. The number of aliphatic carboxylic acids is 1. The van der Waals surface area contributed by atoms with Gasteiger partial charge >= 0.3 is 29.6 Å². The summed E-state index contributed by atoms with van der Waals surface area (Å²) in [5.41, 5.74) is 6.29. The zero-order valence-corrected chi connectivity index (χ0v) is 21.1. The van der Waals surface area contributed by atoms with Crippen molar-refractivity contribution in [3.63, 3.8) is 0 Å². The van der Waals surface area contributed by atoms with Crippen molar-refractivity contribution in [3.8, 4) is 0 Å². The molecule has 0 amide bonds. The van der Waals surface area contributed by atoms with Crippen LogP contribution in [0, 0.1) is 5.82 Å². The molecule has 6 heteroatoms. The predicted octanol–water partition coefficient (Wildman–Crippen LogP) is 1.12. The molecule has 0 aliphatic carbocycles. The molecule has 0 bridgehead atoms. The number of halogens is 1. The Bertz CT molecular complexity index is 1070. The minimum absolute atomic E-state index is 0. The summed E-state index contributed by atoms with van der Waals surface area (Å²) in [5, 5.41) is 14.0. The van der Waals surface area contributed by atoms with Crippen LogP contribution in [0.1, 0.15) is 35.1 Å². The number of benzene rings is 3. The molecule has 1 heterocycles. The fourth-order valence-electron chi connectivity index (χ4n) is 4.39. The summed E-state index contributed by atoms with van der Waals surface area (Å²) in [6.07, 6.45) is 3.18. The van der Waals surface area contributed by atoms with Gasteiger partial charge in [-0.05, 0) is 66.5 Å². The van der Waals surface area contributed by atoms with Crippen LogP contribution in [0.5, 0.6) is 0 Å². The van der Waals surface area contributed by atoms with Gasteiger partial charge in [0, 0.05) is 37.0 Å². The molecule has 1 N–H and O–H groups in total. The van der Waals surface area contributed by atoms with E-state index in [4.69, 9.17) is 0 Å². The van der Waals surface area contributed by atoms with E-state index in [0.29, 0.717) is 17.8 Å². The quantitative estimate of drug-likeness (QED) is 0.493. The number of hydrogen-bond donors (Lipinski definition) is 1. The number of para-hydroxylation sites is 1. The molecule has 1 aliphatic rings. The second-order valence-electron chi connectivity index (χ2n) is 8.28. The van der Waals surface area contributed by atoms with E-state index in [2.05, 4.69) is 52.7 Å². The van der Waals surface area contributed by atoms with E-state index in [1.54, 1.807) is 12.1 Å². The van der Waals surface area contributed by atoms with Crippen LogP contribution in [0.4, 0.5) is 15.8 Å².